The summed E-state index contributed by atoms with van der Waals surface area (Å²) in [5.41, 5.74) is 6.39. The minimum absolute atomic E-state index is 0.581. The Morgan fingerprint density at radius 3 is 2.77 bits per heavy atom. The lowest BCUT2D eigenvalue weighted by Gasteiger charge is -2.11. The molecule has 4 rings (SSSR count). The summed E-state index contributed by atoms with van der Waals surface area (Å²) < 4.78 is 9.19. The van der Waals surface area contributed by atoms with Crippen molar-refractivity contribution in [2.24, 2.45) is 5.10 Å². The molecule has 0 spiro atoms. The minimum Gasteiger partial charge on any atom is -0.492 e. The van der Waals surface area contributed by atoms with Gasteiger partial charge in [0.15, 0.2) is 0 Å². The molecular weight excluding hydrogens is 392 g/mol. The van der Waals surface area contributed by atoms with E-state index >= 15 is 0 Å². The average molecular weight is 419 g/mol. The molecule has 1 N–H and O–H groups in total. The van der Waals surface area contributed by atoms with E-state index in [1.54, 1.807) is 11.3 Å². The number of fused-ring (bicyclic) bond motifs is 1. The van der Waals surface area contributed by atoms with Crippen LogP contribution in [0.15, 0.2) is 72.0 Å². The summed E-state index contributed by atoms with van der Waals surface area (Å²) in [6.07, 6.45) is 4.99. The molecule has 0 saturated heterocycles. The third-order valence-electron chi connectivity index (χ3n) is 5.18. The lowest BCUT2D eigenvalue weighted by atomic mass is 9.99. The van der Waals surface area contributed by atoms with Crippen LogP contribution in [-0.4, -0.2) is 22.4 Å². The zero-order valence-electron chi connectivity index (χ0n) is 17.3. The fourth-order valence-corrected chi connectivity index (χ4v) is 4.03. The number of thiazole rings is 1. The maximum absolute atomic E-state index is 5.92. The van der Waals surface area contributed by atoms with Crippen molar-refractivity contribution in [3.05, 3.63) is 78.1 Å². The monoisotopic (exact) mass is 418 g/mol. The Kier molecular flexibility index (Phi) is 6.44. The van der Waals surface area contributed by atoms with Crippen LogP contribution in [0.4, 0.5) is 5.13 Å². The van der Waals surface area contributed by atoms with Crippen LogP contribution in [0, 0.1) is 0 Å². The van der Waals surface area contributed by atoms with E-state index in [1.165, 1.54) is 5.56 Å². The zero-order chi connectivity index (χ0) is 20.8. The van der Waals surface area contributed by atoms with Gasteiger partial charge in [0.2, 0.25) is 5.13 Å². The first-order valence-corrected chi connectivity index (χ1v) is 11.1. The topological polar surface area (TPSA) is 51.4 Å². The Balaban J connectivity index is 1.30. The zero-order valence-corrected chi connectivity index (χ0v) is 18.1. The summed E-state index contributed by atoms with van der Waals surface area (Å²) in [6.45, 7) is 5.81. The first-order chi connectivity index (χ1) is 14.7. The fraction of sp³-hybridized carbons (Fsp3) is 0.250. The van der Waals surface area contributed by atoms with E-state index in [-0.39, 0.29) is 0 Å². The summed E-state index contributed by atoms with van der Waals surface area (Å²) in [7, 11) is 0. The first-order valence-electron chi connectivity index (χ1n) is 10.3. The van der Waals surface area contributed by atoms with Gasteiger partial charge < -0.3 is 9.30 Å². The number of nitrogens with zero attached hydrogens (tertiary/aromatic N) is 3. The molecule has 0 bridgehead atoms. The number of hydrogen-bond acceptors (Lipinski definition) is 5. The summed E-state index contributed by atoms with van der Waals surface area (Å²) in [5.74, 6) is 1.49. The second-order valence-corrected chi connectivity index (χ2v) is 8.24. The quantitative estimate of drug-likeness (QED) is 0.262. The van der Waals surface area contributed by atoms with Crippen LogP contribution < -0.4 is 10.2 Å². The molecule has 2 aromatic heterocycles. The molecule has 5 nitrogen and oxygen atoms in total. The molecule has 30 heavy (non-hydrogen) atoms. The van der Waals surface area contributed by atoms with E-state index in [2.05, 4.69) is 64.3 Å². The van der Waals surface area contributed by atoms with Crippen LogP contribution in [0.2, 0.25) is 0 Å². The van der Waals surface area contributed by atoms with Crippen molar-refractivity contribution in [1.82, 2.24) is 9.55 Å². The molecule has 2 aromatic carbocycles. The number of hydrazone groups is 1. The number of rotatable bonds is 9. The van der Waals surface area contributed by atoms with Crippen molar-refractivity contribution >= 4 is 32.9 Å². The van der Waals surface area contributed by atoms with Crippen molar-refractivity contribution in [2.45, 2.75) is 32.7 Å². The van der Waals surface area contributed by atoms with Crippen molar-refractivity contribution in [3.63, 3.8) is 0 Å². The summed E-state index contributed by atoms with van der Waals surface area (Å²) in [4.78, 5) is 4.53. The molecule has 0 aliphatic rings. The van der Waals surface area contributed by atoms with E-state index in [1.807, 2.05) is 42.7 Å². The fourth-order valence-electron chi connectivity index (χ4n) is 3.21. The molecule has 0 amide bonds. The number of aromatic nitrogens is 2. The average Bonchev–Trinajstić information content (AvgIpc) is 3.40. The van der Waals surface area contributed by atoms with Crippen LogP contribution in [0.5, 0.6) is 5.75 Å². The molecule has 0 saturated carbocycles. The van der Waals surface area contributed by atoms with Gasteiger partial charge in [-0.2, -0.15) is 5.10 Å². The minimum atomic E-state index is 0.581. The van der Waals surface area contributed by atoms with Crippen LogP contribution in [0.3, 0.4) is 0 Å². The van der Waals surface area contributed by atoms with Crippen molar-refractivity contribution < 1.29 is 4.74 Å². The van der Waals surface area contributed by atoms with Gasteiger partial charge in [-0.05, 0) is 54.3 Å². The Morgan fingerprint density at radius 1 is 1.13 bits per heavy atom. The molecule has 0 unspecified atom stereocenters. The summed E-state index contributed by atoms with van der Waals surface area (Å²) in [5, 5.41) is 5.14. The first kappa shape index (κ1) is 20.2. The molecule has 0 aliphatic heterocycles. The van der Waals surface area contributed by atoms with Gasteiger partial charge in [0.1, 0.15) is 12.4 Å². The predicted octanol–water partition coefficient (Wildman–Crippen LogP) is 6.14. The second-order valence-electron chi connectivity index (χ2n) is 7.21. The van der Waals surface area contributed by atoms with Gasteiger partial charge in [-0.3, -0.25) is 5.43 Å². The molecular formula is C24H26N4OS. The number of hydrogen-bond donors (Lipinski definition) is 1. The van der Waals surface area contributed by atoms with Crippen LogP contribution in [-0.2, 0) is 6.54 Å². The number of para-hydroxylation sites is 1. The van der Waals surface area contributed by atoms with Crippen molar-refractivity contribution in [1.29, 1.82) is 0 Å². The second kappa shape index (κ2) is 9.59. The molecule has 0 aliphatic carbocycles. The van der Waals surface area contributed by atoms with Gasteiger partial charge in [-0.25, -0.2) is 4.98 Å². The Labute approximate surface area is 181 Å². The lowest BCUT2D eigenvalue weighted by Crippen LogP contribution is -2.10. The molecule has 4 aromatic rings. The lowest BCUT2D eigenvalue weighted by molar-refractivity contribution is 0.298. The van der Waals surface area contributed by atoms with E-state index in [4.69, 9.17) is 4.74 Å². The standard InChI is InChI=1S/C24H26N4OS/c1-3-18(2)19-10-12-21(13-11-19)29-16-15-28-14-6-7-20(28)17-25-27-24-26-22-8-4-5-9-23(22)30-24/h4-14,17-18H,3,15-16H2,1-2H3,(H,26,27)/b25-17-/t18-/m1/s1. The molecule has 6 heteroatoms. The third kappa shape index (κ3) is 4.89. The largest absolute Gasteiger partial charge is 0.492 e. The Hall–Kier alpha value is -3.12. The number of benzene rings is 2. The third-order valence-corrected chi connectivity index (χ3v) is 6.12. The van der Waals surface area contributed by atoms with Gasteiger partial charge in [-0.1, -0.05) is 49.4 Å². The summed E-state index contributed by atoms with van der Waals surface area (Å²) in [6, 6.07) is 20.5. The van der Waals surface area contributed by atoms with Crippen molar-refractivity contribution in [2.75, 3.05) is 12.0 Å². The van der Waals surface area contributed by atoms with Gasteiger partial charge in [-0.15, -0.1) is 0 Å². The Bertz CT molecular complexity index is 1080. The van der Waals surface area contributed by atoms with Crippen LogP contribution >= 0.6 is 11.3 Å². The molecule has 0 radical (unpaired) electrons. The highest BCUT2D eigenvalue weighted by atomic mass is 32.1. The maximum Gasteiger partial charge on any atom is 0.204 e. The van der Waals surface area contributed by atoms with Gasteiger partial charge >= 0.3 is 0 Å². The van der Waals surface area contributed by atoms with E-state index < -0.39 is 0 Å². The Morgan fingerprint density at radius 2 is 1.97 bits per heavy atom. The predicted molar refractivity (Wildman–Crippen MR) is 126 cm³/mol. The molecule has 2 heterocycles. The van der Waals surface area contributed by atoms with E-state index in [9.17, 15) is 0 Å². The van der Waals surface area contributed by atoms with Crippen LogP contribution in [0.25, 0.3) is 10.2 Å². The highest BCUT2D eigenvalue weighted by molar-refractivity contribution is 7.22. The van der Waals surface area contributed by atoms with Gasteiger partial charge in [0.25, 0.3) is 0 Å². The number of ether oxygens (including phenoxy) is 1. The molecule has 0 fully saturated rings. The summed E-state index contributed by atoms with van der Waals surface area (Å²) >= 11 is 1.59. The SMILES string of the molecule is CC[C@@H](C)c1ccc(OCCn2cccc2/C=N\Nc2nc3ccccc3s2)cc1. The number of anilines is 1. The van der Waals surface area contributed by atoms with E-state index in [0.29, 0.717) is 12.5 Å². The smallest absolute Gasteiger partial charge is 0.204 e. The van der Waals surface area contributed by atoms with E-state index in [0.717, 1.165) is 39.8 Å². The van der Waals surface area contributed by atoms with Crippen molar-refractivity contribution in [3.8, 4) is 5.75 Å². The molecule has 154 valence electrons. The van der Waals surface area contributed by atoms with Gasteiger partial charge in [0, 0.05) is 6.20 Å². The highest BCUT2D eigenvalue weighted by Gasteiger charge is 2.04. The normalized spacial score (nSPS) is 12.5. The number of nitrogens with one attached hydrogen (secondary N) is 1. The highest BCUT2D eigenvalue weighted by Crippen LogP contribution is 2.25. The maximum atomic E-state index is 5.92. The van der Waals surface area contributed by atoms with Crippen LogP contribution in [0.1, 0.15) is 37.4 Å². The van der Waals surface area contributed by atoms with Gasteiger partial charge in [0.05, 0.1) is 28.7 Å². The molecule has 1 atom stereocenters.